The Balaban J connectivity index is 2.89. The molecule has 0 aromatic carbocycles. The smallest absolute Gasteiger partial charge is 0.0282 e. The summed E-state index contributed by atoms with van der Waals surface area (Å²) >= 11 is 0. The fraction of sp³-hybridized carbons (Fsp3) is 0.818. The molecule has 0 aliphatic heterocycles. The molecule has 0 bridgehead atoms. The Bertz CT molecular complexity index is 82.0. The van der Waals surface area contributed by atoms with Crippen LogP contribution in [0.2, 0.25) is 0 Å². The molecule has 0 unspecified atom stereocenters. The maximum absolute atomic E-state index is 3.29. The molecule has 0 saturated heterocycles. The van der Waals surface area contributed by atoms with Gasteiger partial charge in [0.1, 0.15) is 0 Å². The fourth-order valence-electron chi connectivity index (χ4n) is 1.02. The van der Waals surface area contributed by atoms with Gasteiger partial charge in [-0.3, -0.25) is 0 Å². The lowest BCUT2D eigenvalue weighted by molar-refractivity contribution is 0.673. The van der Waals surface area contributed by atoms with Gasteiger partial charge in [-0.1, -0.05) is 45.6 Å². The second-order valence-corrected chi connectivity index (χ2v) is 3.01. The van der Waals surface area contributed by atoms with Gasteiger partial charge < -0.3 is 0 Å². The van der Waals surface area contributed by atoms with E-state index in [9.17, 15) is 0 Å². The molecule has 0 spiro atoms. The van der Waals surface area contributed by atoms with Crippen LogP contribution in [0.4, 0.5) is 0 Å². The minimum absolute atomic E-state index is 1.13. The summed E-state index contributed by atoms with van der Waals surface area (Å²) in [5.74, 6) is 0. The van der Waals surface area contributed by atoms with Gasteiger partial charge in [0.25, 0.3) is 0 Å². The topological polar surface area (TPSA) is 0 Å². The zero-order valence-electron chi connectivity index (χ0n) is 8.03. The number of unbranched alkanes of at least 4 members (excludes halogenated alkanes) is 5. The highest BCUT2D eigenvalue weighted by atomic mass is 13.9. The summed E-state index contributed by atoms with van der Waals surface area (Å²) in [5.41, 5.74) is 0. The molecule has 65 valence electrons. The summed E-state index contributed by atoms with van der Waals surface area (Å²) in [6.07, 6.45) is 14.6. The van der Waals surface area contributed by atoms with E-state index < -0.39 is 0 Å². The first-order chi connectivity index (χ1) is 5.41. The van der Waals surface area contributed by atoms with E-state index in [-0.39, 0.29) is 0 Å². The summed E-state index contributed by atoms with van der Waals surface area (Å²) in [5, 5.41) is 0. The van der Waals surface area contributed by atoms with Crippen LogP contribution in [0, 0.1) is 6.08 Å². The van der Waals surface area contributed by atoms with Gasteiger partial charge >= 0.3 is 0 Å². The summed E-state index contributed by atoms with van der Waals surface area (Å²) in [7, 11) is 0. The minimum atomic E-state index is 1.13. The molecule has 0 heterocycles. The number of hydrogen-bond donors (Lipinski definition) is 0. The molecular formula is C11H21. The second-order valence-electron chi connectivity index (χ2n) is 3.01. The third-order valence-corrected chi connectivity index (χ3v) is 1.74. The van der Waals surface area contributed by atoms with E-state index >= 15 is 0 Å². The highest BCUT2D eigenvalue weighted by Gasteiger charge is 1.83. The van der Waals surface area contributed by atoms with Crippen LogP contribution in [0.25, 0.3) is 0 Å². The zero-order chi connectivity index (χ0) is 8.36. The van der Waals surface area contributed by atoms with E-state index in [0.29, 0.717) is 0 Å². The van der Waals surface area contributed by atoms with E-state index in [1.165, 1.54) is 38.5 Å². The van der Waals surface area contributed by atoms with E-state index in [2.05, 4.69) is 26.0 Å². The van der Waals surface area contributed by atoms with Crippen LogP contribution >= 0.6 is 0 Å². The molecule has 0 fully saturated rings. The Morgan fingerprint density at radius 2 is 1.82 bits per heavy atom. The highest BCUT2D eigenvalue weighted by Crippen LogP contribution is 2.03. The fourth-order valence-corrected chi connectivity index (χ4v) is 1.02. The Morgan fingerprint density at radius 3 is 2.45 bits per heavy atom. The highest BCUT2D eigenvalue weighted by molar-refractivity contribution is 4.72. The van der Waals surface area contributed by atoms with Gasteiger partial charge in [0.2, 0.25) is 0 Å². The van der Waals surface area contributed by atoms with Gasteiger partial charge in [-0.25, -0.2) is 0 Å². The first kappa shape index (κ1) is 10.7. The first-order valence-electron chi connectivity index (χ1n) is 4.96. The average Bonchev–Trinajstić information content (AvgIpc) is 2.03. The van der Waals surface area contributed by atoms with Crippen LogP contribution in [0.15, 0.2) is 6.08 Å². The first-order valence-corrected chi connectivity index (χ1v) is 4.96. The van der Waals surface area contributed by atoms with Crippen molar-refractivity contribution < 1.29 is 0 Å². The maximum atomic E-state index is 3.29. The standard InChI is InChI=1S/C11H21/c1-3-5-7-9-11-10-8-6-4-2/h10H,3-7,9,11H2,1-2H3. The molecule has 11 heavy (non-hydrogen) atoms. The van der Waals surface area contributed by atoms with E-state index in [4.69, 9.17) is 0 Å². The Labute approximate surface area is 71.7 Å². The Morgan fingerprint density at radius 1 is 1.00 bits per heavy atom. The van der Waals surface area contributed by atoms with Crippen molar-refractivity contribution in [2.45, 2.75) is 58.8 Å². The van der Waals surface area contributed by atoms with Crippen molar-refractivity contribution in [2.75, 3.05) is 0 Å². The molecule has 0 aromatic rings. The van der Waals surface area contributed by atoms with E-state index in [1.807, 2.05) is 0 Å². The van der Waals surface area contributed by atoms with Crippen LogP contribution in [-0.4, -0.2) is 0 Å². The molecule has 0 saturated carbocycles. The zero-order valence-corrected chi connectivity index (χ0v) is 8.03. The lowest BCUT2D eigenvalue weighted by Gasteiger charge is -1.93. The van der Waals surface area contributed by atoms with Gasteiger partial charge in [-0.05, 0) is 25.3 Å². The Kier molecular flexibility index (Phi) is 9.51. The number of allylic oxidation sites excluding steroid dienone is 2. The van der Waals surface area contributed by atoms with Gasteiger partial charge in [0, 0.05) is 0 Å². The summed E-state index contributed by atoms with van der Waals surface area (Å²) in [6, 6.07) is 0. The van der Waals surface area contributed by atoms with E-state index in [1.54, 1.807) is 0 Å². The molecule has 0 aliphatic rings. The maximum Gasteiger partial charge on any atom is -0.0282 e. The van der Waals surface area contributed by atoms with Crippen molar-refractivity contribution in [3.8, 4) is 0 Å². The van der Waals surface area contributed by atoms with Gasteiger partial charge in [0.15, 0.2) is 0 Å². The van der Waals surface area contributed by atoms with Gasteiger partial charge in [-0.2, -0.15) is 0 Å². The molecule has 0 atom stereocenters. The monoisotopic (exact) mass is 153 g/mol. The summed E-state index contributed by atoms with van der Waals surface area (Å²) < 4.78 is 0. The van der Waals surface area contributed by atoms with Crippen molar-refractivity contribution in [1.29, 1.82) is 0 Å². The summed E-state index contributed by atoms with van der Waals surface area (Å²) in [6.45, 7) is 4.44. The third kappa shape index (κ3) is 9.74. The Hall–Kier alpha value is -0.260. The van der Waals surface area contributed by atoms with Crippen molar-refractivity contribution in [3.63, 3.8) is 0 Å². The molecule has 0 amide bonds. The predicted molar refractivity (Wildman–Crippen MR) is 51.5 cm³/mol. The normalized spacial score (nSPS) is 11.1. The second kappa shape index (κ2) is 9.74. The largest absolute Gasteiger partial charge is 0.0811 e. The van der Waals surface area contributed by atoms with Crippen molar-refractivity contribution in [1.82, 2.24) is 0 Å². The lowest BCUT2D eigenvalue weighted by Crippen LogP contribution is -1.73. The molecule has 0 aliphatic carbocycles. The van der Waals surface area contributed by atoms with Crippen molar-refractivity contribution in [3.05, 3.63) is 12.2 Å². The molecule has 0 nitrogen and oxygen atoms in total. The van der Waals surface area contributed by atoms with Crippen LogP contribution in [0.3, 0.4) is 0 Å². The third-order valence-electron chi connectivity index (χ3n) is 1.74. The predicted octanol–water partition coefficient (Wildman–Crippen LogP) is 4.12. The van der Waals surface area contributed by atoms with Crippen LogP contribution in [-0.2, 0) is 0 Å². The van der Waals surface area contributed by atoms with Crippen molar-refractivity contribution >= 4 is 0 Å². The van der Waals surface area contributed by atoms with Crippen LogP contribution < -0.4 is 0 Å². The van der Waals surface area contributed by atoms with Gasteiger partial charge in [-0.15, -0.1) is 0 Å². The van der Waals surface area contributed by atoms with E-state index in [0.717, 1.165) is 6.42 Å². The number of rotatable bonds is 7. The molecule has 0 rings (SSSR count). The quantitative estimate of drug-likeness (QED) is 0.483. The SMILES string of the molecule is CCC/[C]=C\CCCCCC. The van der Waals surface area contributed by atoms with Crippen LogP contribution in [0.1, 0.15) is 58.8 Å². The molecule has 1 radical (unpaired) electrons. The van der Waals surface area contributed by atoms with Gasteiger partial charge in [0.05, 0.1) is 0 Å². The van der Waals surface area contributed by atoms with Crippen LogP contribution in [0.5, 0.6) is 0 Å². The molecule has 0 heteroatoms. The average molecular weight is 153 g/mol. The minimum Gasteiger partial charge on any atom is -0.0811 e. The summed E-state index contributed by atoms with van der Waals surface area (Å²) in [4.78, 5) is 0. The molecule has 0 aromatic heterocycles. The number of hydrogen-bond acceptors (Lipinski definition) is 0. The lowest BCUT2D eigenvalue weighted by atomic mass is 10.1. The molecular weight excluding hydrogens is 132 g/mol. The molecule has 0 N–H and O–H groups in total. The van der Waals surface area contributed by atoms with Crippen molar-refractivity contribution in [2.24, 2.45) is 0 Å².